The van der Waals surface area contributed by atoms with E-state index in [9.17, 15) is 14.7 Å². The van der Waals surface area contributed by atoms with Gasteiger partial charge < -0.3 is 5.11 Å². The third-order valence-corrected chi connectivity index (χ3v) is 2.51. The summed E-state index contributed by atoms with van der Waals surface area (Å²) in [7, 11) is 0. The Hall–Kier alpha value is -2.16. The third-order valence-electron chi connectivity index (χ3n) is 2.51. The van der Waals surface area contributed by atoms with Crippen molar-refractivity contribution in [2.24, 2.45) is 0 Å². The third kappa shape index (κ3) is 1.56. The van der Waals surface area contributed by atoms with Crippen molar-refractivity contribution >= 4 is 17.6 Å². The normalized spacial score (nSPS) is 18.7. The SMILES string of the molecule is CC1=C(O)/C(=C/c2ccccc2)C(=O)C1=O. The Bertz CT molecular complexity index is 521. The Morgan fingerprint density at radius 3 is 2.19 bits per heavy atom. The van der Waals surface area contributed by atoms with Crippen molar-refractivity contribution in [3.63, 3.8) is 0 Å². The van der Waals surface area contributed by atoms with Crippen LogP contribution in [0.4, 0.5) is 0 Å². The molecule has 1 aromatic carbocycles. The summed E-state index contributed by atoms with van der Waals surface area (Å²) in [5.74, 6) is -1.47. The Kier molecular flexibility index (Phi) is 2.44. The van der Waals surface area contributed by atoms with Crippen molar-refractivity contribution in [3.05, 3.63) is 52.8 Å². The lowest BCUT2D eigenvalue weighted by atomic mass is 10.1. The standard InChI is InChI=1S/C13H10O3/c1-8-11(14)10(13(16)12(8)15)7-9-5-3-2-4-6-9/h2-7,14H,1H3/b10-7-. The van der Waals surface area contributed by atoms with Gasteiger partial charge in [-0.3, -0.25) is 9.59 Å². The molecule has 1 N–H and O–H groups in total. The van der Waals surface area contributed by atoms with E-state index < -0.39 is 11.6 Å². The zero-order valence-corrected chi connectivity index (χ0v) is 8.73. The highest BCUT2D eigenvalue weighted by atomic mass is 16.3. The number of aliphatic hydroxyl groups is 1. The van der Waals surface area contributed by atoms with E-state index in [1.54, 1.807) is 12.1 Å². The van der Waals surface area contributed by atoms with E-state index in [1.807, 2.05) is 18.2 Å². The second-order valence-corrected chi connectivity index (χ2v) is 3.60. The molecule has 2 rings (SSSR count). The Morgan fingerprint density at radius 1 is 1.06 bits per heavy atom. The quantitative estimate of drug-likeness (QED) is 0.575. The summed E-state index contributed by atoms with van der Waals surface area (Å²) in [4.78, 5) is 22.8. The zero-order valence-electron chi connectivity index (χ0n) is 8.73. The predicted molar refractivity (Wildman–Crippen MR) is 59.8 cm³/mol. The molecule has 0 radical (unpaired) electrons. The molecule has 0 bridgehead atoms. The number of allylic oxidation sites excluding steroid dienone is 2. The molecule has 80 valence electrons. The summed E-state index contributed by atoms with van der Waals surface area (Å²) in [6.07, 6.45) is 1.52. The number of hydrogen-bond donors (Lipinski definition) is 1. The number of hydrogen-bond acceptors (Lipinski definition) is 3. The van der Waals surface area contributed by atoms with Gasteiger partial charge in [-0.15, -0.1) is 0 Å². The first-order chi connectivity index (χ1) is 7.61. The molecule has 1 aromatic rings. The first kappa shape index (κ1) is 10.4. The van der Waals surface area contributed by atoms with E-state index in [4.69, 9.17) is 0 Å². The summed E-state index contributed by atoms with van der Waals surface area (Å²) in [5.41, 5.74) is 0.973. The molecule has 3 nitrogen and oxygen atoms in total. The lowest BCUT2D eigenvalue weighted by molar-refractivity contribution is -0.131. The summed E-state index contributed by atoms with van der Waals surface area (Å²) >= 11 is 0. The topological polar surface area (TPSA) is 54.4 Å². The highest BCUT2D eigenvalue weighted by Crippen LogP contribution is 2.25. The molecule has 0 amide bonds. The second kappa shape index (κ2) is 3.77. The second-order valence-electron chi connectivity index (χ2n) is 3.60. The molecule has 0 spiro atoms. The maximum atomic E-state index is 11.5. The molecule has 1 aliphatic rings. The van der Waals surface area contributed by atoms with Crippen LogP contribution >= 0.6 is 0 Å². The van der Waals surface area contributed by atoms with Crippen LogP contribution in [0.1, 0.15) is 12.5 Å². The average Bonchev–Trinajstić information content (AvgIpc) is 2.48. The van der Waals surface area contributed by atoms with Gasteiger partial charge in [0.1, 0.15) is 5.76 Å². The number of carbonyl (C=O) groups excluding carboxylic acids is 2. The molecule has 16 heavy (non-hydrogen) atoms. The monoisotopic (exact) mass is 214 g/mol. The van der Waals surface area contributed by atoms with Gasteiger partial charge in [0.05, 0.1) is 5.57 Å². The molecular formula is C13H10O3. The minimum Gasteiger partial charge on any atom is -0.507 e. The van der Waals surface area contributed by atoms with Crippen LogP contribution in [-0.4, -0.2) is 16.7 Å². The van der Waals surface area contributed by atoms with Crippen LogP contribution in [0.5, 0.6) is 0 Å². The van der Waals surface area contributed by atoms with Crippen LogP contribution in [0.3, 0.4) is 0 Å². The van der Waals surface area contributed by atoms with Gasteiger partial charge in [0.2, 0.25) is 11.6 Å². The van der Waals surface area contributed by atoms with Crippen LogP contribution in [-0.2, 0) is 9.59 Å². The predicted octanol–water partition coefficient (Wildman–Crippen LogP) is 2.05. The minimum atomic E-state index is -0.640. The number of carbonyl (C=O) groups is 2. The van der Waals surface area contributed by atoms with E-state index in [1.165, 1.54) is 13.0 Å². The highest BCUT2D eigenvalue weighted by Gasteiger charge is 2.33. The molecule has 0 heterocycles. The molecule has 0 aliphatic heterocycles. The maximum absolute atomic E-state index is 11.5. The fraction of sp³-hybridized carbons (Fsp3) is 0.0769. The van der Waals surface area contributed by atoms with Crippen molar-refractivity contribution in [1.82, 2.24) is 0 Å². The van der Waals surface area contributed by atoms with Crippen LogP contribution in [0, 0.1) is 0 Å². The van der Waals surface area contributed by atoms with E-state index in [0.717, 1.165) is 5.56 Å². The van der Waals surface area contributed by atoms with Crippen molar-refractivity contribution in [2.75, 3.05) is 0 Å². The van der Waals surface area contributed by atoms with Crippen molar-refractivity contribution < 1.29 is 14.7 Å². The molecule has 1 aliphatic carbocycles. The largest absolute Gasteiger partial charge is 0.507 e. The number of Topliss-reactive ketones (excluding diaryl/α,β-unsaturated/α-hetero) is 2. The average molecular weight is 214 g/mol. The maximum Gasteiger partial charge on any atom is 0.237 e. The summed E-state index contributed by atoms with van der Waals surface area (Å²) in [5, 5.41) is 9.63. The van der Waals surface area contributed by atoms with Crippen molar-refractivity contribution in [1.29, 1.82) is 0 Å². The molecule has 0 unspecified atom stereocenters. The van der Waals surface area contributed by atoms with Gasteiger partial charge in [0, 0.05) is 5.57 Å². The van der Waals surface area contributed by atoms with E-state index in [0.29, 0.717) is 0 Å². The van der Waals surface area contributed by atoms with E-state index >= 15 is 0 Å². The Morgan fingerprint density at radius 2 is 1.69 bits per heavy atom. The van der Waals surface area contributed by atoms with Gasteiger partial charge in [-0.05, 0) is 18.6 Å². The molecular weight excluding hydrogens is 204 g/mol. The van der Waals surface area contributed by atoms with Gasteiger partial charge in [-0.1, -0.05) is 30.3 Å². The Balaban J connectivity index is 2.47. The summed E-state index contributed by atoms with van der Waals surface area (Å²) < 4.78 is 0. The van der Waals surface area contributed by atoms with E-state index in [-0.39, 0.29) is 16.9 Å². The lowest BCUT2D eigenvalue weighted by Gasteiger charge is -1.96. The number of ketones is 2. The fourth-order valence-electron chi connectivity index (χ4n) is 1.56. The smallest absolute Gasteiger partial charge is 0.237 e. The summed E-state index contributed by atoms with van der Waals surface area (Å²) in [6, 6.07) is 9.09. The molecule has 0 atom stereocenters. The van der Waals surface area contributed by atoms with E-state index in [2.05, 4.69) is 0 Å². The fourth-order valence-corrected chi connectivity index (χ4v) is 1.56. The molecule has 0 saturated carbocycles. The Labute approximate surface area is 92.7 Å². The van der Waals surface area contributed by atoms with Crippen LogP contribution in [0.25, 0.3) is 6.08 Å². The van der Waals surface area contributed by atoms with Crippen LogP contribution < -0.4 is 0 Å². The number of rotatable bonds is 1. The van der Waals surface area contributed by atoms with Gasteiger partial charge in [-0.25, -0.2) is 0 Å². The lowest BCUT2D eigenvalue weighted by Crippen LogP contribution is -2.08. The highest BCUT2D eigenvalue weighted by molar-refractivity contribution is 6.53. The van der Waals surface area contributed by atoms with Gasteiger partial charge in [-0.2, -0.15) is 0 Å². The van der Waals surface area contributed by atoms with Gasteiger partial charge in [0.15, 0.2) is 0 Å². The number of benzene rings is 1. The van der Waals surface area contributed by atoms with Gasteiger partial charge >= 0.3 is 0 Å². The van der Waals surface area contributed by atoms with Gasteiger partial charge in [0.25, 0.3) is 0 Å². The summed E-state index contributed by atoms with van der Waals surface area (Å²) in [6.45, 7) is 1.45. The molecule has 0 fully saturated rings. The molecule has 3 heteroatoms. The minimum absolute atomic E-state index is 0.0775. The van der Waals surface area contributed by atoms with Crippen molar-refractivity contribution in [3.8, 4) is 0 Å². The molecule has 0 saturated heterocycles. The van der Waals surface area contributed by atoms with Crippen molar-refractivity contribution in [2.45, 2.75) is 6.92 Å². The van der Waals surface area contributed by atoms with Crippen LogP contribution in [0.15, 0.2) is 47.2 Å². The number of aliphatic hydroxyl groups excluding tert-OH is 1. The first-order valence-corrected chi connectivity index (χ1v) is 4.87. The zero-order chi connectivity index (χ0) is 11.7. The molecule has 0 aromatic heterocycles. The van der Waals surface area contributed by atoms with Crippen LogP contribution in [0.2, 0.25) is 0 Å². The first-order valence-electron chi connectivity index (χ1n) is 4.87.